The molecule has 0 aromatic heterocycles. The van der Waals surface area contributed by atoms with Crippen LogP contribution in [-0.4, -0.2) is 20.5 Å². The van der Waals surface area contributed by atoms with Crippen molar-refractivity contribution in [3.05, 3.63) is 89.0 Å². The van der Waals surface area contributed by atoms with Crippen molar-refractivity contribution in [1.29, 1.82) is 0 Å². The van der Waals surface area contributed by atoms with E-state index in [1.165, 1.54) is 43.2 Å². The molecule has 0 bridgehead atoms. The van der Waals surface area contributed by atoms with Gasteiger partial charge >= 0.3 is 0 Å². The second-order valence-electron chi connectivity index (χ2n) is 16.3. The standard InChI is InChI=1S/C42H58NO3Si/c1-40(2,3)35-26-25-30(18-16-17-27-42(41(4,5)6,46-47(7)8)31-19-10-9-11-20-31)28-36(35)43-39(44)29-34-32-21-12-14-23-37(32)45-38-24-15-13-22-33(34)38/h12-15,21-26,28,31,34H,9-11,16-20,27,29H2,1-8H3,(H,43,44). The number of ether oxygens (including phenoxy) is 1. The number of nitrogens with one attached hydrogen (secondary N) is 1. The first-order chi connectivity index (χ1) is 22.3. The molecule has 1 aliphatic carbocycles. The van der Waals surface area contributed by atoms with E-state index < -0.39 is 9.04 Å². The summed E-state index contributed by atoms with van der Waals surface area (Å²) in [6.07, 6.45) is 11.4. The molecule has 1 aliphatic heterocycles. The maximum absolute atomic E-state index is 13.8. The largest absolute Gasteiger partial charge is 0.457 e. The molecule has 5 heteroatoms. The fourth-order valence-corrected chi connectivity index (χ4v) is 9.55. The van der Waals surface area contributed by atoms with Crippen LogP contribution in [0.3, 0.4) is 0 Å². The van der Waals surface area contributed by atoms with Crippen molar-refractivity contribution < 1.29 is 14.0 Å². The van der Waals surface area contributed by atoms with Gasteiger partial charge in [-0.25, -0.2) is 0 Å². The molecule has 1 saturated carbocycles. The van der Waals surface area contributed by atoms with Gasteiger partial charge in [-0.1, -0.05) is 116 Å². The summed E-state index contributed by atoms with van der Waals surface area (Å²) in [5.74, 6) is 2.29. The van der Waals surface area contributed by atoms with E-state index in [9.17, 15) is 4.79 Å². The van der Waals surface area contributed by atoms with Gasteiger partial charge in [0.2, 0.25) is 14.9 Å². The van der Waals surface area contributed by atoms with Crippen LogP contribution in [0.2, 0.25) is 13.1 Å². The van der Waals surface area contributed by atoms with Gasteiger partial charge in [-0.15, -0.1) is 0 Å². The van der Waals surface area contributed by atoms with Gasteiger partial charge in [0.15, 0.2) is 0 Å². The molecular formula is C42H58NO3Si. The fourth-order valence-electron chi connectivity index (χ4n) is 8.25. The number of carbonyl (C=O) groups excluding carboxylic acids is 1. The summed E-state index contributed by atoms with van der Waals surface area (Å²) in [5.41, 5.74) is 5.47. The van der Waals surface area contributed by atoms with E-state index in [0.29, 0.717) is 12.3 Å². The Labute approximate surface area is 286 Å². The Morgan fingerprint density at radius 1 is 0.851 bits per heavy atom. The minimum absolute atomic E-state index is 0.0282. The Morgan fingerprint density at radius 2 is 1.47 bits per heavy atom. The second-order valence-corrected chi connectivity index (χ2v) is 18.3. The smallest absolute Gasteiger partial charge is 0.225 e. The number of carbonyl (C=O) groups is 1. The minimum atomic E-state index is -0.836. The van der Waals surface area contributed by atoms with Crippen LogP contribution in [-0.2, 0) is 21.1 Å². The number of anilines is 1. The number of aryl methyl sites for hydroxylation is 1. The molecule has 1 atom stereocenters. The van der Waals surface area contributed by atoms with E-state index in [4.69, 9.17) is 9.16 Å². The highest BCUT2D eigenvalue weighted by Crippen LogP contribution is 2.50. The molecule has 253 valence electrons. The third-order valence-electron chi connectivity index (χ3n) is 10.5. The summed E-state index contributed by atoms with van der Waals surface area (Å²) in [6.45, 7) is 18.5. The SMILES string of the molecule is C[Si](C)OC(CCCCc1ccc(C(C)(C)C)c(NC(=O)CC2c3ccccc3Oc3ccccc32)c1)(C1CCCCC1)C(C)(C)C. The van der Waals surface area contributed by atoms with Gasteiger partial charge in [-0.05, 0) is 91.3 Å². The molecule has 1 fully saturated rings. The van der Waals surface area contributed by atoms with E-state index in [0.717, 1.165) is 54.0 Å². The zero-order chi connectivity index (χ0) is 33.8. The van der Waals surface area contributed by atoms with Gasteiger partial charge in [0.05, 0.1) is 5.60 Å². The second kappa shape index (κ2) is 14.7. The number of para-hydroxylation sites is 2. The van der Waals surface area contributed by atoms with E-state index in [2.05, 4.69) is 90.3 Å². The van der Waals surface area contributed by atoms with Crippen molar-refractivity contribution in [3.63, 3.8) is 0 Å². The van der Waals surface area contributed by atoms with Crippen LogP contribution in [0.1, 0.15) is 128 Å². The normalized spacial score (nSPS) is 17.0. The molecule has 1 amide bonds. The van der Waals surface area contributed by atoms with Crippen LogP contribution < -0.4 is 10.1 Å². The van der Waals surface area contributed by atoms with Crippen molar-refractivity contribution in [1.82, 2.24) is 0 Å². The first-order valence-corrected chi connectivity index (χ1v) is 20.5. The first kappa shape index (κ1) is 35.4. The Hall–Kier alpha value is -2.89. The third-order valence-corrected chi connectivity index (χ3v) is 11.3. The molecule has 3 aromatic carbocycles. The van der Waals surface area contributed by atoms with Gasteiger partial charge in [0.1, 0.15) is 11.5 Å². The molecule has 4 nitrogen and oxygen atoms in total. The quantitative estimate of drug-likeness (QED) is 0.166. The van der Waals surface area contributed by atoms with Crippen LogP contribution in [0.15, 0.2) is 66.7 Å². The summed E-state index contributed by atoms with van der Waals surface area (Å²) in [7, 11) is -0.836. The number of rotatable bonds is 11. The summed E-state index contributed by atoms with van der Waals surface area (Å²) < 4.78 is 13.3. The predicted molar refractivity (Wildman–Crippen MR) is 198 cm³/mol. The van der Waals surface area contributed by atoms with E-state index in [1.807, 2.05) is 36.4 Å². The average Bonchev–Trinajstić information content (AvgIpc) is 3.01. The summed E-state index contributed by atoms with van der Waals surface area (Å²) in [5, 5.41) is 3.37. The molecular weight excluding hydrogens is 595 g/mol. The molecule has 47 heavy (non-hydrogen) atoms. The number of amides is 1. The highest BCUT2D eigenvalue weighted by Gasteiger charge is 2.48. The van der Waals surface area contributed by atoms with Crippen LogP contribution >= 0.6 is 0 Å². The van der Waals surface area contributed by atoms with E-state index >= 15 is 0 Å². The van der Waals surface area contributed by atoms with Gasteiger partial charge < -0.3 is 14.5 Å². The monoisotopic (exact) mass is 652 g/mol. The molecule has 1 radical (unpaired) electrons. The Balaban J connectivity index is 1.31. The first-order valence-electron chi connectivity index (χ1n) is 18.1. The van der Waals surface area contributed by atoms with Crippen LogP contribution in [0, 0.1) is 11.3 Å². The van der Waals surface area contributed by atoms with Crippen molar-refractivity contribution in [2.45, 2.75) is 136 Å². The lowest BCUT2D eigenvalue weighted by Crippen LogP contribution is -2.54. The third kappa shape index (κ3) is 8.22. The van der Waals surface area contributed by atoms with Gasteiger partial charge in [-0.3, -0.25) is 4.79 Å². The lowest BCUT2D eigenvalue weighted by molar-refractivity contribution is -0.116. The summed E-state index contributed by atoms with van der Waals surface area (Å²) in [6, 6.07) is 22.9. The maximum Gasteiger partial charge on any atom is 0.225 e. The number of hydrogen-bond acceptors (Lipinski definition) is 3. The van der Waals surface area contributed by atoms with Crippen LogP contribution in [0.4, 0.5) is 5.69 Å². The number of fused-ring (bicyclic) bond motifs is 2. The predicted octanol–water partition coefficient (Wildman–Crippen LogP) is 11.6. The zero-order valence-electron chi connectivity index (χ0n) is 30.3. The Morgan fingerprint density at radius 3 is 2.04 bits per heavy atom. The molecule has 5 rings (SSSR count). The summed E-state index contributed by atoms with van der Waals surface area (Å²) in [4.78, 5) is 13.8. The van der Waals surface area contributed by atoms with Gasteiger partial charge in [-0.2, -0.15) is 0 Å². The highest BCUT2D eigenvalue weighted by atomic mass is 28.3. The van der Waals surface area contributed by atoms with Crippen molar-refractivity contribution in [3.8, 4) is 11.5 Å². The molecule has 0 spiro atoms. The number of benzene rings is 3. The summed E-state index contributed by atoms with van der Waals surface area (Å²) >= 11 is 0. The van der Waals surface area contributed by atoms with Crippen molar-refractivity contribution in [2.24, 2.45) is 11.3 Å². The lowest BCUT2D eigenvalue weighted by Gasteiger charge is -2.52. The van der Waals surface area contributed by atoms with Crippen LogP contribution in [0.5, 0.6) is 11.5 Å². The molecule has 0 saturated heterocycles. The molecule has 1 unspecified atom stereocenters. The zero-order valence-corrected chi connectivity index (χ0v) is 31.3. The number of hydrogen-bond donors (Lipinski definition) is 1. The Bertz CT molecular complexity index is 1470. The molecule has 1 heterocycles. The topological polar surface area (TPSA) is 47.6 Å². The minimum Gasteiger partial charge on any atom is -0.457 e. The van der Waals surface area contributed by atoms with E-state index in [-0.39, 0.29) is 28.3 Å². The maximum atomic E-state index is 13.8. The fraction of sp³-hybridized carbons (Fsp3) is 0.548. The molecule has 3 aromatic rings. The van der Waals surface area contributed by atoms with Gasteiger partial charge in [0, 0.05) is 29.2 Å². The highest BCUT2D eigenvalue weighted by molar-refractivity contribution is 6.48. The number of unbranched alkanes of at least 4 members (excludes halogenated alkanes) is 1. The molecule has 2 aliphatic rings. The van der Waals surface area contributed by atoms with Crippen LogP contribution in [0.25, 0.3) is 0 Å². The molecule has 1 N–H and O–H groups in total. The van der Waals surface area contributed by atoms with Gasteiger partial charge in [0.25, 0.3) is 0 Å². The Kier molecular flexibility index (Phi) is 11.1. The average molecular weight is 653 g/mol. The van der Waals surface area contributed by atoms with E-state index in [1.54, 1.807) is 0 Å². The van der Waals surface area contributed by atoms with Crippen molar-refractivity contribution in [2.75, 3.05) is 5.32 Å². The van der Waals surface area contributed by atoms with Crippen molar-refractivity contribution >= 4 is 20.6 Å². The lowest BCUT2D eigenvalue weighted by atomic mass is 9.62.